The number of carbonyl (C=O) groups excluding carboxylic acids is 2. The van der Waals surface area contributed by atoms with Gasteiger partial charge < -0.3 is 9.80 Å². The maximum absolute atomic E-state index is 11.4. The highest BCUT2D eigenvalue weighted by molar-refractivity contribution is 5.75. The molecular formula is C12H22N2O2. The summed E-state index contributed by atoms with van der Waals surface area (Å²) >= 11 is 0. The third kappa shape index (κ3) is 2.74. The molecule has 0 aromatic rings. The third-order valence-corrected chi connectivity index (χ3v) is 3.68. The van der Waals surface area contributed by atoms with Gasteiger partial charge in [-0.25, -0.2) is 0 Å². The Hall–Kier alpha value is -1.06. The molecule has 0 heterocycles. The SMILES string of the molecule is CC(=O)N(C)C1CCCCC1N(C)C(C)=O. The largest absolute Gasteiger partial charge is 0.341 e. The van der Waals surface area contributed by atoms with Gasteiger partial charge in [-0.3, -0.25) is 9.59 Å². The summed E-state index contributed by atoms with van der Waals surface area (Å²) in [6.45, 7) is 3.17. The maximum Gasteiger partial charge on any atom is 0.219 e. The summed E-state index contributed by atoms with van der Waals surface area (Å²) in [6, 6.07) is 0.361. The molecule has 0 spiro atoms. The molecule has 0 bridgehead atoms. The van der Waals surface area contributed by atoms with Crippen LogP contribution in [0.3, 0.4) is 0 Å². The lowest BCUT2D eigenvalue weighted by Crippen LogP contribution is -2.53. The van der Waals surface area contributed by atoms with Crippen molar-refractivity contribution in [1.82, 2.24) is 9.80 Å². The van der Waals surface area contributed by atoms with Crippen LogP contribution >= 0.6 is 0 Å². The molecule has 1 saturated carbocycles. The first-order valence-corrected chi connectivity index (χ1v) is 5.92. The van der Waals surface area contributed by atoms with E-state index in [-0.39, 0.29) is 23.9 Å². The zero-order chi connectivity index (χ0) is 12.3. The third-order valence-electron chi connectivity index (χ3n) is 3.68. The molecule has 0 saturated heterocycles. The molecule has 2 atom stereocenters. The topological polar surface area (TPSA) is 40.6 Å². The molecule has 1 rings (SSSR count). The van der Waals surface area contributed by atoms with Gasteiger partial charge in [0.2, 0.25) is 11.8 Å². The predicted molar refractivity (Wildman–Crippen MR) is 62.9 cm³/mol. The number of likely N-dealkylation sites (N-methyl/N-ethyl adjacent to an activating group) is 2. The standard InChI is InChI=1S/C12H22N2O2/c1-9(15)13(3)11-7-5-6-8-12(11)14(4)10(2)16/h11-12H,5-8H2,1-4H3. The molecule has 4 heteroatoms. The number of hydrogen-bond donors (Lipinski definition) is 0. The van der Waals surface area contributed by atoms with Gasteiger partial charge in [0.1, 0.15) is 0 Å². The molecule has 1 aliphatic carbocycles. The van der Waals surface area contributed by atoms with Crippen molar-refractivity contribution in [1.29, 1.82) is 0 Å². The highest BCUT2D eigenvalue weighted by Crippen LogP contribution is 2.26. The van der Waals surface area contributed by atoms with E-state index in [9.17, 15) is 9.59 Å². The molecule has 16 heavy (non-hydrogen) atoms. The Balaban J connectivity index is 2.78. The monoisotopic (exact) mass is 226 g/mol. The van der Waals surface area contributed by atoms with Gasteiger partial charge in [-0.1, -0.05) is 12.8 Å². The van der Waals surface area contributed by atoms with E-state index in [1.54, 1.807) is 23.6 Å². The van der Waals surface area contributed by atoms with Gasteiger partial charge in [0, 0.05) is 27.9 Å². The molecule has 0 aromatic heterocycles. The summed E-state index contributed by atoms with van der Waals surface area (Å²) in [5.41, 5.74) is 0. The van der Waals surface area contributed by atoms with E-state index in [0.717, 1.165) is 25.7 Å². The van der Waals surface area contributed by atoms with Crippen LogP contribution in [-0.4, -0.2) is 47.8 Å². The summed E-state index contributed by atoms with van der Waals surface area (Å²) in [5.74, 6) is 0.155. The van der Waals surface area contributed by atoms with E-state index >= 15 is 0 Å². The van der Waals surface area contributed by atoms with Gasteiger partial charge in [0.05, 0.1) is 12.1 Å². The maximum atomic E-state index is 11.4. The van der Waals surface area contributed by atoms with Crippen LogP contribution in [0.15, 0.2) is 0 Å². The van der Waals surface area contributed by atoms with Crippen molar-refractivity contribution in [2.75, 3.05) is 14.1 Å². The van der Waals surface area contributed by atoms with E-state index in [0.29, 0.717) is 0 Å². The van der Waals surface area contributed by atoms with Gasteiger partial charge in [0.25, 0.3) is 0 Å². The zero-order valence-electron chi connectivity index (χ0n) is 10.7. The van der Waals surface area contributed by atoms with Crippen LogP contribution in [0.4, 0.5) is 0 Å². The second kappa shape index (κ2) is 5.32. The Bertz CT molecular complexity index is 250. The van der Waals surface area contributed by atoms with Crippen LogP contribution < -0.4 is 0 Å². The van der Waals surface area contributed by atoms with Crippen LogP contribution in [0.5, 0.6) is 0 Å². The van der Waals surface area contributed by atoms with E-state index in [2.05, 4.69) is 0 Å². The van der Waals surface area contributed by atoms with E-state index < -0.39 is 0 Å². The first-order valence-electron chi connectivity index (χ1n) is 5.92. The van der Waals surface area contributed by atoms with Crippen molar-refractivity contribution in [3.05, 3.63) is 0 Å². The highest BCUT2D eigenvalue weighted by Gasteiger charge is 2.33. The van der Waals surface area contributed by atoms with Gasteiger partial charge in [0.15, 0.2) is 0 Å². The smallest absolute Gasteiger partial charge is 0.219 e. The van der Waals surface area contributed by atoms with Crippen LogP contribution in [0.25, 0.3) is 0 Å². The second-order valence-corrected chi connectivity index (χ2v) is 4.68. The predicted octanol–water partition coefficient (Wildman–Crippen LogP) is 1.25. The molecule has 92 valence electrons. The fourth-order valence-electron chi connectivity index (χ4n) is 2.46. The highest BCUT2D eigenvalue weighted by atomic mass is 16.2. The van der Waals surface area contributed by atoms with Crippen LogP contribution in [0.2, 0.25) is 0 Å². The molecule has 1 aliphatic rings. The van der Waals surface area contributed by atoms with Crippen molar-refractivity contribution in [3.63, 3.8) is 0 Å². The minimum absolute atomic E-state index is 0.0776. The molecule has 0 aliphatic heterocycles. The summed E-state index contributed by atoms with van der Waals surface area (Å²) in [6.07, 6.45) is 4.28. The molecule has 2 unspecified atom stereocenters. The van der Waals surface area contributed by atoms with E-state index in [1.165, 1.54) is 0 Å². The molecule has 1 fully saturated rings. The molecule has 4 nitrogen and oxygen atoms in total. The number of hydrogen-bond acceptors (Lipinski definition) is 2. The fourth-order valence-corrected chi connectivity index (χ4v) is 2.46. The molecular weight excluding hydrogens is 204 g/mol. The average molecular weight is 226 g/mol. The Kier molecular flexibility index (Phi) is 4.33. The fraction of sp³-hybridized carbons (Fsp3) is 0.833. The number of carbonyl (C=O) groups is 2. The average Bonchev–Trinajstić information content (AvgIpc) is 2.26. The first kappa shape index (κ1) is 13.0. The Morgan fingerprint density at radius 1 is 0.875 bits per heavy atom. The quantitative estimate of drug-likeness (QED) is 0.711. The minimum atomic E-state index is 0.0776. The summed E-state index contributed by atoms with van der Waals surface area (Å²) < 4.78 is 0. The van der Waals surface area contributed by atoms with E-state index in [1.807, 2.05) is 14.1 Å². The molecule has 0 radical (unpaired) electrons. The second-order valence-electron chi connectivity index (χ2n) is 4.68. The first-order chi connectivity index (χ1) is 7.45. The van der Waals surface area contributed by atoms with Gasteiger partial charge in [-0.15, -0.1) is 0 Å². The number of rotatable bonds is 2. The van der Waals surface area contributed by atoms with Crippen molar-refractivity contribution < 1.29 is 9.59 Å². The summed E-state index contributed by atoms with van der Waals surface area (Å²) in [7, 11) is 3.67. The lowest BCUT2D eigenvalue weighted by Gasteiger charge is -2.41. The van der Waals surface area contributed by atoms with Crippen molar-refractivity contribution in [2.45, 2.75) is 51.6 Å². The summed E-state index contributed by atoms with van der Waals surface area (Å²) in [4.78, 5) is 26.4. The molecule has 0 N–H and O–H groups in total. The van der Waals surface area contributed by atoms with Gasteiger partial charge in [-0.05, 0) is 12.8 Å². The lowest BCUT2D eigenvalue weighted by molar-refractivity contribution is -0.137. The summed E-state index contributed by atoms with van der Waals surface area (Å²) in [5, 5.41) is 0. The number of amides is 2. The molecule has 2 amide bonds. The Morgan fingerprint density at radius 2 is 1.19 bits per heavy atom. The zero-order valence-corrected chi connectivity index (χ0v) is 10.7. The molecule has 0 aromatic carbocycles. The Morgan fingerprint density at radius 3 is 1.44 bits per heavy atom. The number of nitrogens with zero attached hydrogens (tertiary/aromatic N) is 2. The van der Waals surface area contributed by atoms with Crippen LogP contribution in [0, 0.1) is 0 Å². The normalized spacial score (nSPS) is 25.0. The van der Waals surface area contributed by atoms with Crippen molar-refractivity contribution >= 4 is 11.8 Å². The van der Waals surface area contributed by atoms with Crippen LogP contribution in [0.1, 0.15) is 39.5 Å². The van der Waals surface area contributed by atoms with Crippen LogP contribution in [-0.2, 0) is 9.59 Å². The minimum Gasteiger partial charge on any atom is -0.341 e. The van der Waals surface area contributed by atoms with Gasteiger partial charge in [-0.2, -0.15) is 0 Å². The Labute approximate surface area is 97.6 Å². The lowest BCUT2D eigenvalue weighted by atomic mass is 9.88. The van der Waals surface area contributed by atoms with Crippen molar-refractivity contribution in [2.24, 2.45) is 0 Å². The van der Waals surface area contributed by atoms with Gasteiger partial charge >= 0.3 is 0 Å². The van der Waals surface area contributed by atoms with Crippen molar-refractivity contribution in [3.8, 4) is 0 Å². The van der Waals surface area contributed by atoms with E-state index in [4.69, 9.17) is 0 Å².